The van der Waals surface area contributed by atoms with Crippen molar-refractivity contribution in [2.24, 2.45) is 28.6 Å². The molecule has 28 heavy (non-hydrogen) atoms. The number of carboxylic acid groups (broad SMARTS) is 1. The van der Waals surface area contributed by atoms with Crippen LogP contribution in [0.2, 0.25) is 0 Å². The molecule has 1 spiro atoms. The molecule has 0 bridgehead atoms. The minimum atomic E-state index is -0.808. The summed E-state index contributed by atoms with van der Waals surface area (Å²) in [7, 11) is 0. The van der Waals surface area contributed by atoms with Gasteiger partial charge in [-0.15, -0.1) is 0 Å². The van der Waals surface area contributed by atoms with Crippen LogP contribution in [0, 0.1) is 28.6 Å². The van der Waals surface area contributed by atoms with Gasteiger partial charge in [-0.25, -0.2) is 0 Å². The lowest BCUT2D eigenvalue weighted by Gasteiger charge is -2.55. The fourth-order valence-electron chi connectivity index (χ4n) is 7.32. The van der Waals surface area contributed by atoms with Gasteiger partial charge in [0, 0.05) is 36.0 Å². The second-order valence-electron chi connectivity index (χ2n) is 10.0. The van der Waals surface area contributed by atoms with E-state index in [1.807, 2.05) is 6.08 Å². The van der Waals surface area contributed by atoms with Gasteiger partial charge in [0.15, 0.2) is 0 Å². The molecule has 5 aliphatic rings. The molecule has 0 aromatic heterocycles. The van der Waals surface area contributed by atoms with Gasteiger partial charge in [0.05, 0.1) is 5.92 Å². The Balaban J connectivity index is 1.63. The Morgan fingerprint density at radius 3 is 2.64 bits per heavy atom. The molecule has 1 aliphatic heterocycles. The maximum atomic E-state index is 12.3. The molecule has 4 aliphatic carbocycles. The van der Waals surface area contributed by atoms with Crippen molar-refractivity contribution in [3.63, 3.8) is 0 Å². The predicted molar refractivity (Wildman–Crippen MR) is 101 cm³/mol. The van der Waals surface area contributed by atoms with Crippen LogP contribution < -0.4 is 0 Å². The van der Waals surface area contributed by atoms with Crippen LogP contribution in [0.4, 0.5) is 0 Å². The van der Waals surface area contributed by atoms with Crippen LogP contribution in [0.5, 0.6) is 0 Å². The van der Waals surface area contributed by atoms with Gasteiger partial charge in [-0.1, -0.05) is 37.1 Å². The van der Waals surface area contributed by atoms with Crippen molar-refractivity contribution in [1.29, 1.82) is 0 Å². The van der Waals surface area contributed by atoms with E-state index < -0.39 is 17.5 Å². The quantitative estimate of drug-likeness (QED) is 0.549. The van der Waals surface area contributed by atoms with Gasteiger partial charge >= 0.3 is 11.9 Å². The van der Waals surface area contributed by atoms with E-state index in [9.17, 15) is 19.5 Å². The number of allylic oxidation sites excluding steroid dienone is 3. The van der Waals surface area contributed by atoms with Crippen molar-refractivity contribution < 1.29 is 24.2 Å². The van der Waals surface area contributed by atoms with Gasteiger partial charge < -0.3 is 9.84 Å². The largest absolute Gasteiger partial charge is 0.481 e. The Morgan fingerprint density at radius 1 is 1.18 bits per heavy atom. The van der Waals surface area contributed by atoms with Crippen LogP contribution in [-0.4, -0.2) is 28.4 Å². The highest BCUT2D eigenvalue weighted by Crippen LogP contribution is 2.68. The zero-order valence-corrected chi connectivity index (χ0v) is 16.6. The number of ether oxygens (including phenoxy) is 1. The SMILES string of the molecule is C[C@]12CCC(=O)CC1=C[C@@H](C(=O)O)[C@@H]1C2=CC[C@@]2(C)[C@H]1CC[C@@]21CCC(=O)O1. The highest BCUT2D eigenvalue weighted by molar-refractivity contribution is 5.84. The maximum Gasteiger partial charge on any atom is 0.310 e. The summed E-state index contributed by atoms with van der Waals surface area (Å²) in [4.78, 5) is 36.3. The Kier molecular flexibility index (Phi) is 3.61. The Bertz CT molecular complexity index is 853. The average molecular weight is 384 g/mol. The molecule has 5 heteroatoms. The molecule has 150 valence electrons. The first-order valence-corrected chi connectivity index (χ1v) is 10.6. The van der Waals surface area contributed by atoms with E-state index in [0.29, 0.717) is 19.3 Å². The topological polar surface area (TPSA) is 80.7 Å². The van der Waals surface area contributed by atoms with Crippen molar-refractivity contribution in [2.45, 2.75) is 70.8 Å². The van der Waals surface area contributed by atoms with E-state index >= 15 is 0 Å². The van der Waals surface area contributed by atoms with E-state index in [0.717, 1.165) is 37.7 Å². The number of carbonyl (C=O) groups excluding carboxylic acids is 2. The summed E-state index contributed by atoms with van der Waals surface area (Å²) >= 11 is 0. The number of ketones is 1. The molecule has 1 heterocycles. The van der Waals surface area contributed by atoms with Crippen LogP contribution in [0.3, 0.4) is 0 Å². The summed E-state index contributed by atoms with van der Waals surface area (Å²) in [6, 6.07) is 0. The summed E-state index contributed by atoms with van der Waals surface area (Å²) in [6.45, 7) is 4.41. The van der Waals surface area contributed by atoms with Gasteiger partial charge in [-0.3, -0.25) is 14.4 Å². The summed E-state index contributed by atoms with van der Waals surface area (Å²) in [5.74, 6) is -1.20. The second-order valence-corrected chi connectivity index (χ2v) is 10.0. The van der Waals surface area contributed by atoms with Gasteiger partial charge in [-0.2, -0.15) is 0 Å². The van der Waals surface area contributed by atoms with Crippen molar-refractivity contribution in [1.82, 2.24) is 0 Å². The molecule has 3 fully saturated rings. The molecule has 2 saturated carbocycles. The molecule has 5 rings (SSSR count). The third-order valence-corrected chi connectivity index (χ3v) is 8.99. The minimum Gasteiger partial charge on any atom is -0.481 e. The summed E-state index contributed by atoms with van der Waals surface area (Å²) < 4.78 is 5.93. The van der Waals surface area contributed by atoms with Crippen LogP contribution in [0.25, 0.3) is 0 Å². The van der Waals surface area contributed by atoms with Crippen LogP contribution in [0.15, 0.2) is 23.3 Å². The maximum absolute atomic E-state index is 12.3. The normalized spacial score (nSPS) is 47.0. The Hall–Kier alpha value is -1.91. The highest BCUT2D eigenvalue weighted by atomic mass is 16.6. The zero-order valence-electron chi connectivity index (χ0n) is 16.6. The van der Waals surface area contributed by atoms with Crippen molar-refractivity contribution >= 4 is 17.7 Å². The van der Waals surface area contributed by atoms with Gasteiger partial charge in [0.25, 0.3) is 0 Å². The number of rotatable bonds is 1. The van der Waals surface area contributed by atoms with Crippen LogP contribution in [0.1, 0.15) is 65.2 Å². The van der Waals surface area contributed by atoms with Crippen molar-refractivity contribution in [3.8, 4) is 0 Å². The standard InChI is InChI=1S/C23H28O5/c1-21-7-3-14(24)11-13(21)12-15(20(26)27)19-16(21)4-8-22(2)17(19)5-9-23(22)10-6-18(25)28-23/h4,12,15,17,19H,3,5-11H2,1-2H3,(H,26,27)/t15-,17+,19-,21+,22+,23-/m1/s1. The first-order chi connectivity index (χ1) is 13.2. The number of hydrogen-bond donors (Lipinski definition) is 1. The Morgan fingerprint density at radius 2 is 1.96 bits per heavy atom. The molecule has 0 radical (unpaired) electrons. The smallest absolute Gasteiger partial charge is 0.310 e. The highest BCUT2D eigenvalue weighted by Gasteiger charge is 2.66. The molecule has 0 aromatic carbocycles. The zero-order chi connectivity index (χ0) is 19.9. The first kappa shape index (κ1) is 18.1. The van der Waals surface area contributed by atoms with Gasteiger partial charge in [0.1, 0.15) is 11.4 Å². The van der Waals surface area contributed by atoms with Gasteiger partial charge in [0.2, 0.25) is 0 Å². The lowest BCUT2D eigenvalue weighted by Crippen LogP contribution is -2.53. The number of Topliss-reactive ketones (excluding diaryl/α,β-unsaturated/α-hetero) is 1. The van der Waals surface area contributed by atoms with Crippen LogP contribution in [-0.2, 0) is 19.1 Å². The lowest BCUT2D eigenvalue weighted by molar-refractivity contribution is -0.162. The fourth-order valence-corrected chi connectivity index (χ4v) is 7.32. The average Bonchev–Trinajstić information content (AvgIpc) is 3.16. The summed E-state index contributed by atoms with van der Waals surface area (Å²) in [5, 5.41) is 10.1. The number of carboxylic acids is 1. The first-order valence-electron chi connectivity index (χ1n) is 10.6. The van der Waals surface area contributed by atoms with Gasteiger partial charge in [-0.05, 0) is 38.0 Å². The van der Waals surface area contributed by atoms with E-state index in [2.05, 4.69) is 19.9 Å². The molecule has 0 unspecified atom stereocenters. The number of carbonyl (C=O) groups is 3. The number of fused-ring (bicyclic) bond motifs is 6. The van der Waals surface area contributed by atoms with E-state index in [-0.39, 0.29) is 34.4 Å². The minimum absolute atomic E-state index is 0.0723. The monoisotopic (exact) mass is 384 g/mol. The molecule has 5 nitrogen and oxygen atoms in total. The third kappa shape index (κ3) is 2.11. The third-order valence-electron chi connectivity index (χ3n) is 8.99. The summed E-state index contributed by atoms with van der Waals surface area (Å²) in [6.07, 6.45) is 9.65. The number of hydrogen-bond acceptors (Lipinski definition) is 4. The molecular formula is C23H28O5. The molecule has 6 atom stereocenters. The van der Waals surface area contributed by atoms with E-state index in [1.165, 1.54) is 5.57 Å². The number of aliphatic carboxylic acids is 1. The predicted octanol–water partition coefficient (Wildman–Crippen LogP) is 3.82. The van der Waals surface area contributed by atoms with E-state index in [4.69, 9.17) is 4.74 Å². The van der Waals surface area contributed by atoms with E-state index in [1.54, 1.807) is 0 Å². The second kappa shape index (κ2) is 5.58. The molecule has 0 aromatic rings. The molecular weight excluding hydrogens is 356 g/mol. The molecule has 1 N–H and O–H groups in total. The number of esters is 1. The Labute approximate surface area is 165 Å². The summed E-state index contributed by atoms with van der Waals surface area (Å²) in [5.41, 5.74) is 1.38. The van der Waals surface area contributed by atoms with Crippen LogP contribution >= 0.6 is 0 Å². The van der Waals surface area contributed by atoms with Crippen molar-refractivity contribution in [3.05, 3.63) is 23.3 Å². The molecule has 0 amide bonds. The fraction of sp³-hybridized carbons (Fsp3) is 0.696. The van der Waals surface area contributed by atoms with Crippen molar-refractivity contribution in [2.75, 3.05) is 0 Å². The lowest BCUT2D eigenvalue weighted by atomic mass is 9.49. The molecule has 1 saturated heterocycles.